The van der Waals surface area contributed by atoms with E-state index in [2.05, 4.69) is 9.97 Å². The fourth-order valence-corrected chi connectivity index (χ4v) is 3.19. The maximum absolute atomic E-state index is 12.7. The van der Waals surface area contributed by atoms with E-state index in [4.69, 9.17) is 4.74 Å². The molecule has 6 heteroatoms. The molecule has 0 saturated heterocycles. The predicted molar refractivity (Wildman–Crippen MR) is 95.7 cm³/mol. The summed E-state index contributed by atoms with van der Waals surface area (Å²) in [6, 6.07) is 11.1. The molecule has 0 aliphatic rings. The number of rotatable bonds is 5. The quantitative estimate of drug-likeness (QED) is 0.708. The zero-order chi connectivity index (χ0) is 16.9. The highest BCUT2D eigenvalue weighted by Crippen LogP contribution is 2.29. The zero-order valence-electron chi connectivity index (χ0n) is 13.5. The highest BCUT2D eigenvalue weighted by molar-refractivity contribution is 7.14. The molecule has 0 N–H and O–H groups in total. The lowest BCUT2D eigenvalue weighted by Gasteiger charge is -2.17. The molecule has 24 heavy (non-hydrogen) atoms. The van der Waals surface area contributed by atoms with Gasteiger partial charge in [-0.05, 0) is 43.3 Å². The van der Waals surface area contributed by atoms with E-state index in [9.17, 15) is 4.79 Å². The number of benzene rings is 1. The van der Waals surface area contributed by atoms with E-state index in [0.717, 1.165) is 17.0 Å². The van der Waals surface area contributed by atoms with E-state index >= 15 is 0 Å². The van der Waals surface area contributed by atoms with Gasteiger partial charge in [0.1, 0.15) is 5.75 Å². The number of carbonyl (C=O) groups is 1. The van der Waals surface area contributed by atoms with Gasteiger partial charge in [0.15, 0.2) is 5.13 Å². The Morgan fingerprint density at radius 2 is 1.88 bits per heavy atom. The molecule has 3 aromatic rings. The summed E-state index contributed by atoms with van der Waals surface area (Å²) in [5, 5.41) is 2.64. The monoisotopic (exact) mass is 339 g/mol. The molecule has 0 fully saturated rings. The van der Waals surface area contributed by atoms with E-state index < -0.39 is 0 Å². The number of anilines is 1. The van der Waals surface area contributed by atoms with Gasteiger partial charge in [0.2, 0.25) is 0 Å². The molecule has 1 aromatic carbocycles. The first kappa shape index (κ1) is 16.1. The molecule has 0 bridgehead atoms. The second-order valence-electron chi connectivity index (χ2n) is 5.03. The molecule has 0 aliphatic heterocycles. The summed E-state index contributed by atoms with van der Waals surface area (Å²) in [5.41, 5.74) is 2.44. The fourth-order valence-electron chi connectivity index (χ4n) is 2.30. The minimum Gasteiger partial charge on any atom is -0.497 e. The van der Waals surface area contributed by atoms with Crippen molar-refractivity contribution < 1.29 is 9.53 Å². The third-order valence-corrected chi connectivity index (χ3v) is 4.46. The van der Waals surface area contributed by atoms with Crippen molar-refractivity contribution in [3.8, 4) is 17.0 Å². The average molecular weight is 339 g/mol. The number of carbonyl (C=O) groups excluding carboxylic acids is 1. The van der Waals surface area contributed by atoms with Crippen LogP contribution < -0.4 is 9.64 Å². The Bertz CT molecular complexity index is 816. The summed E-state index contributed by atoms with van der Waals surface area (Å²) in [4.78, 5) is 22.9. The molecule has 3 rings (SSSR count). The van der Waals surface area contributed by atoms with E-state index in [1.54, 1.807) is 36.5 Å². The van der Waals surface area contributed by atoms with Gasteiger partial charge in [0, 0.05) is 35.4 Å². The number of methoxy groups -OCH3 is 1. The number of aromatic nitrogens is 2. The molecule has 0 unspecified atom stereocenters. The minimum absolute atomic E-state index is 0.0736. The first-order valence-electron chi connectivity index (χ1n) is 7.54. The number of hydrogen-bond donors (Lipinski definition) is 0. The van der Waals surface area contributed by atoms with E-state index in [-0.39, 0.29) is 5.91 Å². The van der Waals surface area contributed by atoms with Crippen molar-refractivity contribution in [1.29, 1.82) is 0 Å². The first-order chi connectivity index (χ1) is 11.7. The Labute approximate surface area is 144 Å². The molecule has 122 valence electrons. The molecule has 1 amide bonds. The number of hydrogen-bond acceptors (Lipinski definition) is 5. The van der Waals surface area contributed by atoms with Crippen molar-refractivity contribution in [2.45, 2.75) is 6.92 Å². The Balaban J connectivity index is 1.86. The standard InChI is InChI=1S/C18H17N3O2S/c1-3-21(17(22)14-8-10-19-11-9-14)18-20-16(12-24-18)13-4-6-15(23-2)7-5-13/h4-12H,3H2,1-2H3. The van der Waals surface area contributed by atoms with Crippen molar-refractivity contribution in [3.63, 3.8) is 0 Å². The van der Waals surface area contributed by atoms with Gasteiger partial charge in [-0.15, -0.1) is 11.3 Å². The maximum Gasteiger partial charge on any atom is 0.260 e. The smallest absolute Gasteiger partial charge is 0.260 e. The lowest BCUT2D eigenvalue weighted by Crippen LogP contribution is -2.30. The largest absolute Gasteiger partial charge is 0.497 e. The summed E-state index contributed by atoms with van der Waals surface area (Å²) in [7, 11) is 1.64. The van der Waals surface area contributed by atoms with Crippen LogP contribution in [0.2, 0.25) is 0 Å². The van der Waals surface area contributed by atoms with Crippen LogP contribution in [-0.2, 0) is 0 Å². The Morgan fingerprint density at radius 1 is 1.17 bits per heavy atom. The molecule has 2 heterocycles. The molecule has 0 atom stereocenters. The third kappa shape index (κ3) is 3.28. The van der Waals surface area contributed by atoms with Crippen molar-refractivity contribution in [3.05, 3.63) is 59.7 Å². The lowest BCUT2D eigenvalue weighted by molar-refractivity contribution is 0.0988. The summed E-state index contributed by atoms with van der Waals surface area (Å²) in [5.74, 6) is 0.729. The van der Waals surface area contributed by atoms with Gasteiger partial charge < -0.3 is 4.74 Å². The van der Waals surface area contributed by atoms with Gasteiger partial charge in [-0.2, -0.15) is 0 Å². The third-order valence-electron chi connectivity index (χ3n) is 3.60. The van der Waals surface area contributed by atoms with Gasteiger partial charge in [0.05, 0.1) is 12.8 Å². The molecular weight excluding hydrogens is 322 g/mol. The lowest BCUT2D eigenvalue weighted by atomic mass is 10.2. The predicted octanol–water partition coefficient (Wildman–Crippen LogP) is 3.88. The van der Waals surface area contributed by atoms with Crippen LogP contribution in [0.25, 0.3) is 11.3 Å². The normalized spacial score (nSPS) is 10.4. The van der Waals surface area contributed by atoms with Crippen LogP contribution in [0.5, 0.6) is 5.75 Å². The number of ether oxygens (including phenoxy) is 1. The zero-order valence-corrected chi connectivity index (χ0v) is 14.3. The summed E-state index contributed by atoms with van der Waals surface area (Å²) in [6.45, 7) is 2.49. The van der Waals surface area contributed by atoms with Gasteiger partial charge in [0.25, 0.3) is 5.91 Å². The second-order valence-corrected chi connectivity index (χ2v) is 5.87. The van der Waals surface area contributed by atoms with Crippen molar-refractivity contribution in [2.75, 3.05) is 18.6 Å². The summed E-state index contributed by atoms with van der Waals surface area (Å²) >= 11 is 1.46. The minimum atomic E-state index is -0.0736. The molecule has 0 aliphatic carbocycles. The Hall–Kier alpha value is -2.73. The van der Waals surface area contributed by atoms with Crippen LogP contribution in [0.3, 0.4) is 0 Å². The van der Waals surface area contributed by atoms with Crippen LogP contribution in [0.15, 0.2) is 54.2 Å². The van der Waals surface area contributed by atoms with Gasteiger partial charge in [-0.3, -0.25) is 14.7 Å². The number of amides is 1. The number of pyridine rings is 1. The Kier molecular flexibility index (Phi) is 4.86. The SMILES string of the molecule is CCN(C(=O)c1ccncc1)c1nc(-c2ccc(OC)cc2)cs1. The first-order valence-corrected chi connectivity index (χ1v) is 8.42. The van der Waals surface area contributed by atoms with Crippen molar-refractivity contribution in [2.24, 2.45) is 0 Å². The number of thiazole rings is 1. The maximum atomic E-state index is 12.7. The highest BCUT2D eigenvalue weighted by atomic mass is 32.1. The second kappa shape index (κ2) is 7.23. The Morgan fingerprint density at radius 3 is 2.50 bits per heavy atom. The van der Waals surface area contributed by atoms with Gasteiger partial charge in [-0.1, -0.05) is 0 Å². The molecule has 2 aromatic heterocycles. The topological polar surface area (TPSA) is 55.3 Å². The fraction of sp³-hybridized carbons (Fsp3) is 0.167. The van der Waals surface area contributed by atoms with E-state index in [1.165, 1.54) is 11.3 Å². The van der Waals surface area contributed by atoms with Gasteiger partial charge >= 0.3 is 0 Å². The molecule has 0 radical (unpaired) electrons. The van der Waals surface area contributed by atoms with Crippen LogP contribution in [-0.4, -0.2) is 29.5 Å². The van der Waals surface area contributed by atoms with Crippen molar-refractivity contribution >= 4 is 22.4 Å². The summed E-state index contributed by atoms with van der Waals surface area (Å²) in [6.07, 6.45) is 3.23. The van der Waals surface area contributed by atoms with Crippen molar-refractivity contribution in [1.82, 2.24) is 9.97 Å². The van der Waals surface area contributed by atoms with Crippen LogP contribution in [0, 0.1) is 0 Å². The van der Waals surface area contributed by atoms with Crippen LogP contribution in [0.4, 0.5) is 5.13 Å². The molecule has 0 saturated carbocycles. The van der Waals surface area contributed by atoms with Crippen LogP contribution in [0.1, 0.15) is 17.3 Å². The molecule has 5 nitrogen and oxygen atoms in total. The highest BCUT2D eigenvalue weighted by Gasteiger charge is 2.19. The average Bonchev–Trinajstić information content (AvgIpc) is 3.13. The van der Waals surface area contributed by atoms with Gasteiger partial charge in [-0.25, -0.2) is 4.98 Å². The van der Waals surface area contributed by atoms with E-state index in [0.29, 0.717) is 17.2 Å². The van der Waals surface area contributed by atoms with Crippen LogP contribution >= 0.6 is 11.3 Å². The molecular formula is C18H17N3O2S. The molecule has 0 spiro atoms. The number of nitrogens with zero attached hydrogens (tertiary/aromatic N) is 3. The van der Waals surface area contributed by atoms with E-state index in [1.807, 2.05) is 36.6 Å². The summed E-state index contributed by atoms with van der Waals surface area (Å²) < 4.78 is 5.17.